The van der Waals surface area contributed by atoms with E-state index in [1.54, 1.807) is 12.0 Å². The van der Waals surface area contributed by atoms with Crippen LogP contribution in [0.4, 0.5) is 4.79 Å². The number of aliphatic imine (C=N–C) groups is 1. The van der Waals surface area contributed by atoms with Gasteiger partial charge >= 0.3 is 6.03 Å². The van der Waals surface area contributed by atoms with Crippen molar-refractivity contribution < 1.29 is 9.53 Å². The number of urea groups is 1. The summed E-state index contributed by atoms with van der Waals surface area (Å²) in [4.78, 5) is 17.6. The van der Waals surface area contributed by atoms with Crippen molar-refractivity contribution in [1.29, 1.82) is 0 Å². The summed E-state index contributed by atoms with van der Waals surface area (Å²) in [5.74, 6) is 1.69. The zero-order valence-electron chi connectivity index (χ0n) is 10.9. The average Bonchev–Trinajstić information content (AvgIpc) is 3.17. The number of rotatable bonds is 4. The van der Waals surface area contributed by atoms with Crippen LogP contribution in [-0.4, -0.2) is 30.4 Å². The zero-order valence-corrected chi connectivity index (χ0v) is 10.9. The molecule has 1 aliphatic carbocycles. The Morgan fingerprint density at radius 1 is 1.42 bits per heavy atom. The number of carbonyl (C=O) groups excluding carboxylic acids is 1. The molecule has 1 aromatic rings. The van der Waals surface area contributed by atoms with E-state index < -0.39 is 0 Å². The topological polar surface area (TPSA) is 67.9 Å². The van der Waals surface area contributed by atoms with Crippen molar-refractivity contribution in [2.75, 3.05) is 13.7 Å². The number of methoxy groups -OCH3 is 1. The second-order valence-corrected chi connectivity index (χ2v) is 5.06. The molecule has 1 heterocycles. The van der Waals surface area contributed by atoms with Gasteiger partial charge in [-0.1, -0.05) is 18.2 Å². The van der Waals surface area contributed by atoms with Crippen molar-refractivity contribution in [2.24, 2.45) is 16.6 Å². The first kappa shape index (κ1) is 12.0. The average molecular weight is 259 g/mol. The predicted molar refractivity (Wildman–Crippen MR) is 72.2 cm³/mol. The van der Waals surface area contributed by atoms with Crippen molar-refractivity contribution in [2.45, 2.75) is 18.9 Å². The summed E-state index contributed by atoms with van der Waals surface area (Å²) in [7, 11) is 1.62. The van der Waals surface area contributed by atoms with E-state index in [1.807, 2.05) is 24.3 Å². The standard InChI is InChI=1S/C14H17N3O2/c1-19-11-5-3-2-4-10(11)12-13(15)16-14(18)17(12)8-9-6-7-9/h2-5,9,12H,6-8H2,1H3,(H2,15,16,18). The predicted octanol–water partition coefficient (Wildman–Crippen LogP) is 1.94. The minimum Gasteiger partial charge on any atom is -0.496 e. The van der Waals surface area contributed by atoms with Gasteiger partial charge in [0.15, 0.2) is 0 Å². The maximum atomic E-state index is 11.9. The fourth-order valence-electron chi connectivity index (χ4n) is 2.49. The molecule has 0 aromatic heterocycles. The molecule has 100 valence electrons. The van der Waals surface area contributed by atoms with Gasteiger partial charge in [-0.3, -0.25) is 0 Å². The SMILES string of the molecule is COc1ccccc1C1C(N)=NC(=O)N1CC1CC1. The summed E-state index contributed by atoms with van der Waals surface area (Å²) in [6.45, 7) is 0.728. The first-order valence-corrected chi connectivity index (χ1v) is 6.48. The minimum atomic E-state index is -0.288. The molecule has 2 aliphatic rings. The van der Waals surface area contributed by atoms with E-state index >= 15 is 0 Å². The van der Waals surface area contributed by atoms with Gasteiger partial charge in [-0.15, -0.1) is 0 Å². The summed E-state index contributed by atoms with van der Waals surface area (Å²) in [6, 6.07) is 7.11. The van der Waals surface area contributed by atoms with Crippen LogP contribution in [0.15, 0.2) is 29.3 Å². The third kappa shape index (κ3) is 2.16. The van der Waals surface area contributed by atoms with E-state index in [4.69, 9.17) is 10.5 Å². The number of nitrogens with zero attached hydrogens (tertiary/aromatic N) is 2. The lowest BCUT2D eigenvalue weighted by atomic mass is 10.0. The third-order valence-electron chi connectivity index (χ3n) is 3.65. The monoisotopic (exact) mass is 259 g/mol. The van der Waals surface area contributed by atoms with E-state index in [-0.39, 0.29) is 12.1 Å². The minimum absolute atomic E-state index is 0.236. The van der Waals surface area contributed by atoms with Crippen LogP contribution in [0.1, 0.15) is 24.4 Å². The second-order valence-electron chi connectivity index (χ2n) is 5.06. The number of nitrogens with two attached hydrogens (primary N) is 1. The quantitative estimate of drug-likeness (QED) is 0.898. The first-order chi connectivity index (χ1) is 9.20. The summed E-state index contributed by atoms with van der Waals surface area (Å²) < 4.78 is 5.36. The van der Waals surface area contributed by atoms with Gasteiger partial charge < -0.3 is 15.4 Å². The number of hydrogen-bond donors (Lipinski definition) is 1. The zero-order chi connectivity index (χ0) is 13.4. The van der Waals surface area contributed by atoms with Gasteiger partial charge in [-0.05, 0) is 24.8 Å². The maximum absolute atomic E-state index is 11.9. The second kappa shape index (κ2) is 4.57. The summed E-state index contributed by atoms with van der Waals surface area (Å²) >= 11 is 0. The molecule has 19 heavy (non-hydrogen) atoms. The van der Waals surface area contributed by atoms with E-state index in [9.17, 15) is 4.79 Å². The smallest absolute Gasteiger partial charge is 0.346 e. The van der Waals surface area contributed by atoms with Crippen molar-refractivity contribution in [1.82, 2.24) is 4.90 Å². The number of hydrogen-bond acceptors (Lipinski definition) is 3. The highest BCUT2D eigenvalue weighted by atomic mass is 16.5. The number of ether oxygens (including phenoxy) is 1. The molecular weight excluding hydrogens is 242 g/mol. The van der Waals surface area contributed by atoms with Gasteiger partial charge in [0.1, 0.15) is 17.6 Å². The van der Waals surface area contributed by atoms with Crippen molar-refractivity contribution in [3.05, 3.63) is 29.8 Å². The van der Waals surface area contributed by atoms with Crippen molar-refractivity contribution in [3.8, 4) is 5.75 Å². The van der Waals surface area contributed by atoms with E-state index in [0.717, 1.165) is 17.9 Å². The number of benzene rings is 1. The Kier molecular flexibility index (Phi) is 2.89. The lowest BCUT2D eigenvalue weighted by molar-refractivity contribution is 0.203. The number of amides is 2. The Bertz CT molecular complexity index is 537. The van der Waals surface area contributed by atoms with Gasteiger partial charge in [0.05, 0.1) is 7.11 Å². The highest BCUT2D eigenvalue weighted by molar-refractivity contribution is 6.03. The fourth-order valence-corrected chi connectivity index (χ4v) is 2.49. The van der Waals surface area contributed by atoms with E-state index in [1.165, 1.54) is 12.8 Å². The third-order valence-corrected chi connectivity index (χ3v) is 3.65. The van der Waals surface area contributed by atoms with Gasteiger partial charge in [-0.2, -0.15) is 4.99 Å². The van der Waals surface area contributed by atoms with E-state index in [2.05, 4.69) is 4.99 Å². The molecule has 0 spiro atoms. The van der Waals surface area contributed by atoms with Crippen molar-refractivity contribution in [3.63, 3.8) is 0 Å². The lowest BCUT2D eigenvalue weighted by Gasteiger charge is -2.25. The van der Waals surface area contributed by atoms with Gasteiger partial charge in [-0.25, -0.2) is 4.79 Å². The van der Waals surface area contributed by atoms with Crippen LogP contribution in [0.5, 0.6) is 5.75 Å². The van der Waals surface area contributed by atoms with Gasteiger partial charge in [0, 0.05) is 12.1 Å². The molecule has 1 unspecified atom stereocenters. The Balaban J connectivity index is 1.95. The number of amidine groups is 1. The number of para-hydroxylation sites is 1. The Hall–Kier alpha value is -2.04. The summed E-state index contributed by atoms with van der Waals surface area (Å²) in [6.07, 6.45) is 2.37. The van der Waals surface area contributed by atoms with E-state index in [0.29, 0.717) is 11.8 Å². The molecule has 0 radical (unpaired) electrons. The van der Waals surface area contributed by atoms with Crippen LogP contribution >= 0.6 is 0 Å². The molecule has 5 nitrogen and oxygen atoms in total. The molecule has 1 aliphatic heterocycles. The molecule has 2 amide bonds. The maximum Gasteiger partial charge on any atom is 0.346 e. The largest absolute Gasteiger partial charge is 0.496 e. The highest BCUT2D eigenvalue weighted by Gasteiger charge is 2.39. The normalized spacial score (nSPS) is 22.6. The summed E-state index contributed by atoms with van der Waals surface area (Å²) in [5, 5.41) is 0. The van der Waals surface area contributed by atoms with Crippen LogP contribution in [-0.2, 0) is 0 Å². The fraction of sp³-hybridized carbons (Fsp3) is 0.429. The molecule has 2 N–H and O–H groups in total. The molecular formula is C14H17N3O2. The molecule has 3 rings (SSSR count). The Morgan fingerprint density at radius 2 is 2.16 bits per heavy atom. The van der Waals surface area contributed by atoms with Crippen LogP contribution in [0.25, 0.3) is 0 Å². The van der Waals surface area contributed by atoms with Gasteiger partial charge in [0.2, 0.25) is 0 Å². The molecule has 1 atom stereocenters. The van der Waals surface area contributed by atoms with Crippen LogP contribution in [0.2, 0.25) is 0 Å². The van der Waals surface area contributed by atoms with Crippen molar-refractivity contribution >= 4 is 11.9 Å². The molecule has 1 fully saturated rings. The van der Waals surface area contributed by atoms with Crippen LogP contribution < -0.4 is 10.5 Å². The first-order valence-electron chi connectivity index (χ1n) is 6.48. The van der Waals surface area contributed by atoms with Gasteiger partial charge in [0.25, 0.3) is 0 Å². The number of carbonyl (C=O) groups is 1. The molecule has 1 saturated carbocycles. The molecule has 0 bridgehead atoms. The highest BCUT2D eigenvalue weighted by Crippen LogP contribution is 2.37. The molecule has 5 heteroatoms. The molecule has 0 saturated heterocycles. The Morgan fingerprint density at radius 3 is 2.84 bits per heavy atom. The van der Waals surface area contributed by atoms with Crippen LogP contribution in [0.3, 0.4) is 0 Å². The molecule has 1 aromatic carbocycles. The summed E-state index contributed by atoms with van der Waals surface area (Å²) in [5.41, 5.74) is 6.84. The Labute approximate surface area is 112 Å². The van der Waals surface area contributed by atoms with Crippen LogP contribution in [0, 0.1) is 5.92 Å². The lowest BCUT2D eigenvalue weighted by Crippen LogP contribution is -2.35.